The van der Waals surface area contributed by atoms with Crippen molar-refractivity contribution in [3.05, 3.63) is 23.7 Å². The molecule has 0 bridgehead atoms. The Bertz CT molecular complexity index is 465. The molecule has 0 amide bonds. The van der Waals surface area contributed by atoms with Crippen LogP contribution >= 0.6 is 0 Å². The summed E-state index contributed by atoms with van der Waals surface area (Å²) in [5, 5.41) is 0. The Kier molecular flexibility index (Phi) is 2.66. The van der Waals surface area contributed by atoms with E-state index in [-0.39, 0.29) is 6.04 Å². The molecule has 5 nitrogen and oxygen atoms in total. The second-order valence-electron chi connectivity index (χ2n) is 3.57. The number of aromatic amines is 1. The molecule has 5 heteroatoms. The SMILES string of the molecule is COCC(N)c1nc2ncc(C)cc2[nH]1. The Hall–Kier alpha value is -1.46. The molecule has 0 radical (unpaired) electrons. The molecule has 0 aliphatic rings. The summed E-state index contributed by atoms with van der Waals surface area (Å²) in [4.78, 5) is 11.6. The van der Waals surface area contributed by atoms with E-state index < -0.39 is 0 Å². The molecule has 0 aliphatic heterocycles. The first-order valence-electron chi connectivity index (χ1n) is 4.77. The predicted molar refractivity (Wildman–Crippen MR) is 57.4 cm³/mol. The Morgan fingerprint density at radius 1 is 1.60 bits per heavy atom. The van der Waals surface area contributed by atoms with Crippen LogP contribution in [0.25, 0.3) is 11.2 Å². The van der Waals surface area contributed by atoms with Gasteiger partial charge in [-0.15, -0.1) is 0 Å². The van der Waals surface area contributed by atoms with Crippen molar-refractivity contribution >= 4 is 11.2 Å². The number of fused-ring (bicyclic) bond motifs is 1. The third-order valence-corrected chi connectivity index (χ3v) is 2.19. The number of H-pyrrole nitrogens is 1. The van der Waals surface area contributed by atoms with Gasteiger partial charge < -0.3 is 15.5 Å². The molecule has 0 aliphatic carbocycles. The molecule has 0 aromatic carbocycles. The highest BCUT2D eigenvalue weighted by Crippen LogP contribution is 2.13. The molecule has 0 saturated heterocycles. The zero-order valence-corrected chi connectivity index (χ0v) is 8.82. The summed E-state index contributed by atoms with van der Waals surface area (Å²) in [6.07, 6.45) is 1.79. The van der Waals surface area contributed by atoms with Crippen molar-refractivity contribution in [2.24, 2.45) is 5.73 Å². The molecule has 2 heterocycles. The Morgan fingerprint density at radius 2 is 2.40 bits per heavy atom. The zero-order valence-electron chi connectivity index (χ0n) is 8.82. The van der Waals surface area contributed by atoms with Crippen molar-refractivity contribution in [1.82, 2.24) is 15.0 Å². The molecule has 1 unspecified atom stereocenters. The van der Waals surface area contributed by atoms with Crippen LogP contribution < -0.4 is 5.73 Å². The van der Waals surface area contributed by atoms with Gasteiger partial charge in [-0.2, -0.15) is 0 Å². The third kappa shape index (κ3) is 1.98. The summed E-state index contributed by atoms with van der Waals surface area (Å²) in [5.41, 5.74) is 8.57. The highest BCUT2D eigenvalue weighted by Gasteiger charge is 2.11. The minimum atomic E-state index is -0.232. The summed E-state index contributed by atoms with van der Waals surface area (Å²) < 4.78 is 4.97. The van der Waals surface area contributed by atoms with Crippen LogP contribution in [-0.2, 0) is 4.74 Å². The van der Waals surface area contributed by atoms with E-state index in [1.54, 1.807) is 13.3 Å². The normalized spacial score (nSPS) is 13.3. The van der Waals surface area contributed by atoms with Gasteiger partial charge in [-0.05, 0) is 18.6 Å². The number of aromatic nitrogens is 3. The van der Waals surface area contributed by atoms with Crippen molar-refractivity contribution in [2.45, 2.75) is 13.0 Å². The van der Waals surface area contributed by atoms with E-state index in [0.717, 1.165) is 11.1 Å². The van der Waals surface area contributed by atoms with Crippen molar-refractivity contribution in [3.63, 3.8) is 0 Å². The van der Waals surface area contributed by atoms with Crippen LogP contribution in [0.4, 0.5) is 0 Å². The minimum Gasteiger partial charge on any atom is -0.383 e. The van der Waals surface area contributed by atoms with Crippen LogP contribution in [0.2, 0.25) is 0 Å². The number of aryl methyl sites for hydroxylation is 1. The highest BCUT2D eigenvalue weighted by molar-refractivity contribution is 5.71. The van der Waals surface area contributed by atoms with Gasteiger partial charge in [0.2, 0.25) is 0 Å². The van der Waals surface area contributed by atoms with Crippen molar-refractivity contribution < 1.29 is 4.74 Å². The average Bonchev–Trinajstić information content (AvgIpc) is 2.60. The summed E-state index contributed by atoms with van der Waals surface area (Å²) >= 11 is 0. The van der Waals surface area contributed by atoms with E-state index in [4.69, 9.17) is 10.5 Å². The number of rotatable bonds is 3. The van der Waals surface area contributed by atoms with Crippen LogP contribution in [0.3, 0.4) is 0 Å². The Morgan fingerprint density at radius 3 is 3.13 bits per heavy atom. The van der Waals surface area contributed by atoms with Crippen molar-refractivity contribution in [3.8, 4) is 0 Å². The van der Waals surface area contributed by atoms with Crippen molar-refractivity contribution in [2.75, 3.05) is 13.7 Å². The molecule has 2 aromatic heterocycles. The third-order valence-electron chi connectivity index (χ3n) is 2.19. The lowest BCUT2D eigenvalue weighted by atomic mass is 10.3. The van der Waals surface area contributed by atoms with Crippen LogP contribution in [0, 0.1) is 6.92 Å². The summed E-state index contributed by atoms with van der Waals surface area (Å²) in [6.45, 7) is 2.43. The van der Waals surface area contributed by atoms with Crippen LogP contribution in [0.5, 0.6) is 0 Å². The standard InChI is InChI=1S/C10H14N4O/c1-6-3-8-10(12-4-6)14-9(13-8)7(11)5-15-2/h3-4,7H,5,11H2,1-2H3,(H,12,13,14). The molecular weight excluding hydrogens is 192 g/mol. The zero-order chi connectivity index (χ0) is 10.8. The molecule has 0 spiro atoms. The van der Waals surface area contributed by atoms with Crippen molar-refractivity contribution in [1.29, 1.82) is 0 Å². The fourth-order valence-electron chi connectivity index (χ4n) is 1.46. The maximum absolute atomic E-state index is 5.86. The number of nitrogens with zero attached hydrogens (tertiary/aromatic N) is 2. The molecule has 2 aromatic rings. The molecule has 2 rings (SSSR count). The van der Waals surface area contributed by atoms with Gasteiger partial charge in [-0.3, -0.25) is 0 Å². The quantitative estimate of drug-likeness (QED) is 0.782. The van der Waals surface area contributed by atoms with E-state index in [9.17, 15) is 0 Å². The van der Waals surface area contributed by atoms with Crippen LogP contribution in [0.15, 0.2) is 12.3 Å². The number of methoxy groups -OCH3 is 1. The molecule has 0 saturated carbocycles. The van der Waals surface area contributed by atoms with Gasteiger partial charge in [-0.1, -0.05) is 0 Å². The molecule has 1 atom stereocenters. The predicted octanol–water partition coefficient (Wildman–Crippen LogP) is 0.913. The second-order valence-corrected chi connectivity index (χ2v) is 3.57. The lowest BCUT2D eigenvalue weighted by Gasteiger charge is -2.05. The number of ether oxygens (including phenoxy) is 1. The summed E-state index contributed by atoms with van der Waals surface area (Å²) in [7, 11) is 1.62. The van der Waals surface area contributed by atoms with Gasteiger partial charge in [0.25, 0.3) is 0 Å². The molecular formula is C10H14N4O. The lowest BCUT2D eigenvalue weighted by molar-refractivity contribution is 0.178. The maximum Gasteiger partial charge on any atom is 0.177 e. The first-order valence-corrected chi connectivity index (χ1v) is 4.77. The average molecular weight is 206 g/mol. The van der Waals surface area contributed by atoms with Crippen LogP contribution in [0.1, 0.15) is 17.4 Å². The number of imidazole rings is 1. The topological polar surface area (TPSA) is 76.8 Å². The van der Waals surface area contributed by atoms with E-state index in [2.05, 4.69) is 15.0 Å². The van der Waals surface area contributed by atoms with Gasteiger partial charge in [0, 0.05) is 13.3 Å². The summed E-state index contributed by atoms with van der Waals surface area (Å²) in [6, 6.07) is 1.77. The van der Waals surface area contributed by atoms with Crippen LogP contribution in [-0.4, -0.2) is 28.7 Å². The van der Waals surface area contributed by atoms with Gasteiger partial charge in [0.05, 0.1) is 18.2 Å². The Labute approximate surface area is 87.7 Å². The Balaban J connectivity index is 2.38. The van der Waals surface area contributed by atoms with Gasteiger partial charge in [0.15, 0.2) is 5.65 Å². The number of hydrogen-bond acceptors (Lipinski definition) is 4. The first-order chi connectivity index (χ1) is 7.20. The number of hydrogen-bond donors (Lipinski definition) is 2. The smallest absolute Gasteiger partial charge is 0.177 e. The highest BCUT2D eigenvalue weighted by atomic mass is 16.5. The fraction of sp³-hybridized carbons (Fsp3) is 0.400. The fourth-order valence-corrected chi connectivity index (χ4v) is 1.46. The number of nitrogens with one attached hydrogen (secondary N) is 1. The number of pyridine rings is 1. The molecule has 15 heavy (non-hydrogen) atoms. The molecule has 3 N–H and O–H groups in total. The van der Waals surface area contributed by atoms with Gasteiger partial charge >= 0.3 is 0 Å². The monoisotopic (exact) mass is 206 g/mol. The van der Waals surface area contributed by atoms with E-state index in [0.29, 0.717) is 18.1 Å². The maximum atomic E-state index is 5.86. The molecule has 0 fully saturated rings. The van der Waals surface area contributed by atoms with Gasteiger partial charge in [0.1, 0.15) is 5.82 Å². The molecule has 80 valence electrons. The van der Waals surface area contributed by atoms with E-state index in [1.807, 2.05) is 13.0 Å². The number of nitrogens with two attached hydrogens (primary N) is 1. The minimum absolute atomic E-state index is 0.232. The van der Waals surface area contributed by atoms with E-state index in [1.165, 1.54) is 0 Å². The van der Waals surface area contributed by atoms with Gasteiger partial charge in [-0.25, -0.2) is 9.97 Å². The lowest BCUT2D eigenvalue weighted by Crippen LogP contribution is -2.17. The first kappa shape index (κ1) is 10.1. The van der Waals surface area contributed by atoms with E-state index >= 15 is 0 Å². The second kappa shape index (κ2) is 3.96. The summed E-state index contributed by atoms with van der Waals surface area (Å²) in [5.74, 6) is 0.713. The largest absolute Gasteiger partial charge is 0.383 e.